The highest BCUT2D eigenvalue weighted by atomic mass is 35.5. The van der Waals surface area contributed by atoms with Gasteiger partial charge < -0.3 is 24.6 Å². The number of halogens is 1. The third kappa shape index (κ3) is 2.87. The van der Waals surface area contributed by atoms with E-state index in [1.54, 1.807) is 6.07 Å². The molecule has 2 rings (SSSR count). The van der Waals surface area contributed by atoms with Crippen molar-refractivity contribution in [2.24, 2.45) is 5.92 Å². The van der Waals surface area contributed by atoms with Gasteiger partial charge in [-0.2, -0.15) is 0 Å². The Hall–Kier alpha value is -1.66. The number of aliphatic carboxylic acids is 1. The van der Waals surface area contributed by atoms with Gasteiger partial charge in [0.2, 0.25) is 0 Å². The van der Waals surface area contributed by atoms with Crippen LogP contribution in [0.5, 0.6) is 17.2 Å². The Labute approximate surface area is 127 Å². The van der Waals surface area contributed by atoms with Crippen molar-refractivity contribution in [3.63, 3.8) is 0 Å². The predicted octanol–water partition coefficient (Wildman–Crippen LogP) is 2.10. The van der Waals surface area contributed by atoms with Gasteiger partial charge in [-0.25, -0.2) is 0 Å². The minimum atomic E-state index is -0.822. The summed E-state index contributed by atoms with van der Waals surface area (Å²) in [4.78, 5) is 11.1. The molecule has 0 saturated carbocycles. The molecule has 1 saturated heterocycles. The third-order valence-electron chi connectivity index (χ3n) is 3.64. The van der Waals surface area contributed by atoms with Crippen LogP contribution in [0.25, 0.3) is 0 Å². The molecule has 1 aliphatic heterocycles. The topological polar surface area (TPSA) is 77.0 Å². The van der Waals surface area contributed by atoms with Crippen LogP contribution in [0.1, 0.15) is 18.0 Å². The number of carboxylic acid groups (broad SMARTS) is 1. The van der Waals surface area contributed by atoms with Crippen LogP contribution in [0.4, 0.5) is 0 Å². The molecule has 116 valence electrons. The Kier molecular flexibility index (Phi) is 4.80. The lowest BCUT2D eigenvalue weighted by Crippen LogP contribution is -2.18. The van der Waals surface area contributed by atoms with E-state index in [9.17, 15) is 4.79 Å². The Bertz CT molecular complexity index is 549. The fraction of sp³-hybridized carbons (Fsp3) is 0.500. The number of rotatable bonds is 5. The first kappa shape index (κ1) is 15.7. The number of hydrogen-bond donors (Lipinski definition) is 2. The molecule has 0 spiro atoms. The molecule has 2 unspecified atom stereocenters. The smallest absolute Gasteiger partial charge is 0.307 e. The number of methoxy groups -OCH3 is 3. The van der Waals surface area contributed by atoms with Crippen molar-refractivity contribution in [3.05, 3.63) is 16.7 Å². The maximum Gasteiger partial charge on any atom is 0.307 e. The van der Waals surface area contributed by atoms with Gasteiger partial charge in [-0.05, 0) is 6.42 Å². The Balaban J connectivity index is 2.50. The molecule has 7 heteroatoms. The van der Waals surface area contributed by atoms with Crippen LogP contribution in [-0.4, -0.2) is 38.9 Å². The zero-order valence-electron chi connectivity index (χ0n) is 12.1. The maximum atomic E-state index is 11.1. The third-order valence-corrected chi connectivity index (χ3v) is 3.93. The van der Waals surface area contributed by atoms with Crippen molar-refractivity contribution < 1.29 is 24.1 Å². The normalized spacial score (nSPS) is 21.1. The highest BCUT2D eigenvalue weighted by Gasteiger charge is 2.35. The molecule has 6 nitrogen and oxygen atoms in total. The van der Waals surface area contributed by atoms with Crippen molar-refractivity contribution in [2.75, 3.05) is 27.9 Å². The number of carbonyl (C=O) groups is 1. The van der Waals surface area contributed by atoms with Crippen LogP contribution in [0.3, 0.4) is 0 Å². The quantitative estimate of drug-likeness (QED) is 0.866. The molecule has 0 aliphatic carbocycles. The second kappa shape index (κ2) is 6.41. The Morgan fingerprint density at radius 3 is 2.43 bits per heavy atom. The van der Waals surface area contributed by atoms with Crippen molar-refractivity contribution >= 4 is 17.6 Å². The van der Waals surface area contributed by atoms with Crippen LogP contribution >= 0.6 is 11.6 Å². The van der Waals surface area contributed by atoms with Crippen LogP contribution in [0.15, 0.2) is 6.07 Å². The molecule has 2 N–H and O–H groups in total. The number of hydrogen-bond acceptors (Lipinski definition) is 5. The van der Waals surface area contributed by atoms with Gasteiger partial charge >= 0.3 is 5.97 Å². The summed E-state index contributed by atoms with van der Waals surface area (Å²) in [6, 6.07) is 1.40. The van der Waals surface area contributed by atoms with Gasteiger partial charge in [-0.1, -0.05) is 11.6 Å². The Morgan fingerprint density at radius 1 is 1.29 bits per heavy atom. The van der Waals surface area contributed by atoms with E-state index >= 15 is 0 Å². The highest BCUT2D eigenvalue weighted by Crippen LogP contribution is 2.48. The fourth-order valence-corrected chi connectivity index (χ4v) is 2.92. The predicted molar refractivity (Wildman–Crippen MR) is 77.6 cm³/mol. The largest absolute Gasteiger partial charge is 0.495 e. The van der Waals surface area contributed by atoms with Gasteiger partial charge in [0.05, 0.1) is 37.8 Å². The number of carboxylic acids is 1. The fourth-order valence-electron chi connectivity index (χ4n) is 2.64. The first-order chi connectivity index (χ1) is 10.0. The SMILES string of the molecule is COc1cc(Cl)c(OC)c(C2CC(C(=O)O)CN2)c1OC. The minimum absolute atomic E-state index is 0.219. The standard InChI is InChI=1S/C14H18ClNO5/c1-19-10-5-8(15)12(20-2)11(13(10)21-3)9-4-7(6-16-9)14(17)18/h5,7,9,16H,4,6H2,1-3H3,(H,17,18). The van der Waals surface area contributed by atoms with E-state index in [-0.39, 0.29) is 6.04 Å². The van der Waals surface area contributed by atoms with Crippen molar-refractivity contribution in [3.8, 4) is 17.2 Å². The molecular weight excluding hydrogens is 298 g/mol. The Morgan fingerprint density at radius 2 is 1.95 bits per heavy atom. The molecule has 1 aliphatic rings. The van der Waals surface area contributed by atoms with E-state index in [2.05, 4.69) is 5.32 Å². The lowest BCUT2D eigenvalue weighted by Gasteiger charge is -2.21. The second-order valence-electron chi connectivity index (χ2n) is 4.77. The lowest BCUT2D eigenvalue weighted by molar-refractivity contribution is -0.141. The molecule has 0 radical (unpaired) electrons. The number of ether oxygens (including phenoxy) is 3. The van der Waals surface area contributed by atoms with Crippen LogP contribution < -0.4 is 19.5 Å². The summed E-state index contributed by atoms with van der Waals surface area (Å²) in [5, 5.41) is 12.7. The molecule has 1 fully saturated rings. The molecule has 1 aromatic rings. The first-order valence-corrected chi connectivity index (χ1v) is 6.85. The lowest BCUT2D eigenvalue weighted by atomic mass is 9.98. The van der Waals surface area contributed by atoms with E-state index in [1.807, 2.05) is 0 Å². The van der Waals surface area contributed by atoms with Gasteiger partial charge in [0.15, 0.2) is 11.5 Å². The van der Waals surface area contributed by atoms with Crippen LogP contribution in [0.2, 0.25) is 5.02 Å². The zero-order chi connectivity index (χ0) is 15.6. The molecule has 21 heavy (non-hydrogen) atoms. The van der Waals surface area contributed by atoms with E-state index in [4.69, 9.17) is 30.9 Å². The van der Waals surface area contributed by atoms with Crippen LogP contribution in [-0.2, 0) is 4.79 Å². The van der Waals surface area contributed by atoms with Gasteiger partial charge in [-0.3, -0.25) is 4.79 Å². The second-order valence-corrected chi connectivity index (χ2v) is 5.18. The molecule has 2 atom stereocenters. The minimum Gasteiger partial charge on any atom is -0.495 e. The summed E-state index contributed by atoms with van der Waals surface area (Å²) in [5.74, 6) is 0.185. The summed E-state index contributed by atoms with van der Waals surface area (Å²) in [7, 11) is 4.56. The van der Waals surface area contributed by atoms with Crippen LogP contribution in [0, 0.1) is 5.92 Å². The number of nitrogens with one attached hydrogen (secondary N) is 1. The summed E-state index contributed by atoms with van der Waals surface area (Å²) < 4.78 is 16.1. The van der Waals surface area contributed by atoms with Gasteiger partial charge in [0, 0.05) is 18.7 Å². The molecule has 0 aromatic heterocycles. The van der Waals surface area contributed by atoms with E-state index < -0.39 is 11.9 Å². The average Bonchev–Trinajstić information content (AvgIpc) is 2.95. The monoisotopic (exact) mass is 315 g/mol. The molecular formula is C14H18ClNO5. The van der Waals surface area contributed by atoms with E-state index in [0.29, 0.717) is 40.8 Å². The molecule has 0 bridgehead atoms. The van der Waals surface area contributed by atoms with E-state index in [0.717, 1.165) is 0 Å². The highest BCUT2D eigenvalue weighted by molar-refractivity contribution is 6.32. The molecule has 0 amide bonds. The average molecular weight is 316 g/mol. The molecule has 1 aromatic carbocycles. The molecule has 1 heterocycles. The number of benzene rings is 1. The summed E-state index contributed by atoms with van der Waals surface area (Å²) in [5.41, 5.74) is 0.688. The van der Waals surface area contributed by atoms with Gasteiger partial charge in [0.1, 0.15) is 5.75 Å². The van der Waals surface area contributed by atoms with Gasteiger partial charge in [-0.15, -0.1) is 0 Å². The zero-order valence-corrected chi connectivity index (χ0v) is 12.9. The summed E-state index contributed by atoms with van der Waals surface area (Å²) in [6.07, 6.45) is 0.436. The van der Waals surface area contributed by atoms with E-state index in [1.165, 1.54) is 21.3 Å². The first-order valence-electron chi connectivity index (χ1n) is 6.48. The van der Waals surface area contributed by atoms with Gasteiger partial charge in [0.25, 0.3) is 0 Å². The van der Waals surface area contributed by atoms with Crippen molar-refractivity contribution in [1.29, 1.82) is 0 Å². The maximum absolute atomic E-state index is 11.1. The summed E-state index contributed by atoms with van der Waals surface area (Å²) in [6.45, 7) is 0.390. The van der Waals surface area contributed by atoms with Crippen molar-refractivity contribution in [2.45, 2.75) is 12.5 Å². The summed E-state index contributed by atoms with van der Waals surface area (Å²) >= 11 is 6.22. The van der Waals surface area contributed by atoms with Crippen molar-refractivity contribution in [1.82, 2.24) is 5.32 Å².